The minimum absolute atomic E-state index is 0.0166. The van der Waals surface area contributed by atoms with Gasteiger partial charge in [0.15, 0.2) is 11.5 Å². The molecule has 6 nitrogen and oxygen atoms in total. The molecule has 0 heterocycles. The van der Waals surface area contributed by atoms with Gasteiger partial charge in [-0.05, 0) is 56.0 Å². The summed E-state index contributed by atoms with van der Waals surface area (Å²) in [5.74, 6) is 1.16. The molecule has 0 aliphatic heterocycles. The Balaban J connectivity index is 1.69. The zero-order valence-electron chi connectivity index (χ0n) is 17.0. The number of nitrogens with one attached hydrogen (secondary N) is 2. The predicted molar refractivity (Wildman–Crippen MR) is 114 cm³/mol. The van der Waals surface area contributed by atoms with Gasteiger partial charge in [0.1, 0.15) is 0 Å². The van der Waals surface area contributed by atoms with Crippen molar-refractivity contribution in [3.05, 3.63) is 48.0 Å². The van der Waals surface area contributed by atoms with E-state index in [1.807, 2.05) is 19.9 Å². The van der Waals surface area contributed by atoms with E-state index in [0.717, 1.165) is 25.7 Å². The van der Waals surface area contributed by atoms with Crippen molar-refractivity contribution in [1.82, 2.24) is 0 Å². The molecule has 2 amide bonds. The Bertz CT molecular complexity index is 862. The molecule has 0 aromatic heterocycles. The summed E-state index contributed by atoms with van der Waals surface area (Å²) in [6.45, 7) is 5.26. The lowest BCUT2D eigenvalue weighted by Crippen LogP contribution is -2.15. The molecule has 0 saturated heterocycles. The highest BCUT2D eigenvalue weighted by molar-refractivity contribution is 6.05. The maximum atomic E-state index is 12.7. The lowest BCUT2D eigenvalue weighted by molar-refractivity contribution is -0.117. The van der Waals surface area contributed by atoms with Gasteiger partial charge in [-0.2, -0.15) is 0 Å². The number of rotatable bonds is 10. The molecule has 0 spiro atoms. The molecule has 29 heavy (non-hydrogen) atoms. The SMILES string of the molecule is CCCOc1ccc(NC(=O)c2cccc(NC(=O)C3CC3)c2)cc1OCCC. The van der Waals surface area contributed by atoms with Crippen LogP contribution in [0, 0.1) is 5.92 Å². The van der Waals surface area contributed by atoms with Gasteiger partial charge in [0.25, 0.3) is 5.91 Å². The van der Waals surface area contributed by atoms with Gasteiger partial charge in [-0.1, -0.05) is 19.9 Å². The van der Waals surface area contributed by atoms with Crippen molar-refractivity contribution in [2.75, 3.05) is 23.8 Å². The molecule has 1 saturated carbocycles. The topological polar surface area (TPSA) is 76.7 Å². The third-order valence-corrected chi connectivity index (χ3v) is 4.47. The third kappa shape index (κ3) is 5.98. The predicted octanol–water partition coefficient (Wildman–Crippen LogP) is 4.87. The van der Waals surface area contributed by atoms with Crippen molar-refractivity contribution in [2.24, 2.45) is 5.92 Å². The van der Waals surface area contributed by atoms with E-state index in [2.05, 4.69) is 10.6 Å². The highest BCUT2D eigenvalue weighted by Crippen LogP contribution is 2.32. The fourth-order valence-corrected chi connectivity index (χ4v) is 2.77. The summed E-state index contributed by atoms with van der Waals surface area (Å²) in [5, 5.41) is 5.75. The van der Waals surface area contributed by atoms with Gasteiger partial charge in [0, 0.05) is 28.9 Å². The molecule has 0 bridgehead atoms. The average Bonchev–Trinajstić information content (AvgIpc) is 3.57. The lowest BCUT2D eigenvalue weighted by Gasteiger charge is -2.14. The van der Waals surface area contributed by atoms with Crippen LogP contribution in [-0.4, -0.2) is 25.0 Å². The average molecular weight is 396 g/mol. The maximum absolute atomic E-state index is 12.7. The quantitative estimate of drug-likeness (QED) is 0.601. The molecule has 0 unspecified atom stereocenters. The van der Waals surface area contributed by atoms with E-state index in [1.165, 1.54) is 0 Å². The second-order valence-corrected chi connectivity index (χ2v) is 7.16. The molecular weight excluding hydrogens is 368 g/mol. The third-order valence-electron chi connectivity index (χ3n) is 4.47. The van der Waals surface area contributed by atoms with E-state index in [0.29, 0.717) is 41.7 Å². The normalized spacial score (nSPS) is 12.9. The van der Waals surface area contributed by atoms with Crippen molar-refractivity contribution in [3.8, 4) is 11.5 Å². The maximum Gasteiger partial charge on any atom is 0.255 e. The first-order valence-electron chi connectivity index (χ1n) is 10.2. The summed E-state index contributed by atoms with van der Waals surface area (Å²) < 4.78 is 11.5. The number of carbonyl (C=O) groups excluding carboxylic acids is 2. The first-order valence-corrected chi connectivity index (χ1v) is 10.2. The Kier molecular flexibility index (Phi) is 7.11. The van der Waals surface area contributed by atoms with E-state index < -0.39 is 0 Å². The van der Waals surface area contributed by atoms with E-state index in [-0.39, 0.29) is 17.7 Å². The number of amides is 2. The van der Waals surface area contributed by atoms with Gasteiger partial charge in [-0.3, -0.25) is 9.59 Å². The van der Waals surface area contributed by atoms with Gasteiger partial charge in [0.2, 0.25) is 5.91 Å². The fraction of sp³-hybridized carbons (Fsp3) is 0.391. The molecule has 1 aliphatic rings. The van der Waals surface area contributed by atoms with Crippen molar-refractivity contribution in [3.63, 3.8) is 0 Å². The standard InChI is InChI=1S/C23H28N2O4/c1-3-12-28-20-11-10-19(15-21(20)29-13-4-2)25-23(27)17-6-5-7-18(14-17)24-22(26)16-8-9-16/h5-7,10-11,14-16H,3-4,8-9,12-13H2,1-2H3,(H,24,26)(H,25,27). The first kappa shape index (κ1) is 20.7. The fourth-order valence-electron chi connectivity index (χ4n) is 2.77. The summed E-state index contributed by atoms with van der Waals surface area (Å²) in [5.41, 5.74) is 1.73. The second-order valence-electron chi connectivity index (χ2n) is 7.16. The Morgan fingerprint density at radius 1 is 0.897 bits per heavy atom. The molecule has 6 heteroatoms. The molecule has 3 rings (SSSR count). The summed E-state index contributed by atoms with van der Waals surface area (Å²) in [6.07, 6.45) is 3.65. The van der Waals surface area contributed by atoms with E-state index >= 15 is 0 Å². The van der Waals surface area contributed by atoms with Crippen molar-refractivity contribution in [1.29, 1.82) is 0 Å². The van der Waals surface area contributed by atoms with Crippen molar-refractivity contribution in [2.45, 2.75) is 39.5 Å². The Labute approximate surface area is 171 Å². The van der Waals surface area contributed by atoms with Gasteiger partial charge in [-0.25, -0.2) is 0 Å². The lowest BCUT2D eigenvalue weighted by atomic mass is 10.1. The molecule has 1 aliphatic carbocycles. The van der Waals surface area contributed by atoms with E-state index in [4.69, 9.17) is 9.47 Å². The van der Waals surface area contributed by atoms with Gasteiger partial charge >= 0.3 is 0 Å². The van der Waals surface area contributed by atoms with Gasteiger partial charge < -0.3 is 20.1 Å². The molecule has 0 atom stereocenters. The molecule has 0 radical (unpaired) electrons. The van der Waals surface area contributed by atoms with Gasteiger partial charge in [0.05, 0.1) is 13.2 Å². The molecule has 1 fully saturated rings. The largest absolute Gasteiger partial charge is 0.490 e. The second kappa shape index (κ2) is 9.96. The first-order chi connectivity index (χ1) is 14.1. The van der Waals surface area contributed by atoms with Crippen LogP contribution in [0.5, 0.6) is 11.5 Å². The molecule has 154 valence electrons. The smallest absolute Gasteiger partial charge is 0.255 e. The zero-order valence-corrected chi connectivity index (χ0v) is 17.0. The number of carbonyl (C=O) groups is 2. The number of anilines is 2. The highest BCUT2D eigenvalue weighted by Gasteiger charge is 2.29. The Morgan fingerprint density at radius 2 is 1.59 bits per heavy atom. The Hall–Kier alpha value is -3.02. The Morgan fingerprint density at radius 3 is 2.28 bits per heavy atom. The molecular formula is C23H28N2O4. The van der Waals surface area contributed by atoms with Crippen LogP contribution < -0.4 is 20.1 Å². The van der Waals surface area contributed by atoms with Crippen LogP contribution in [0.2, 0.25) is 0 Å². The van der Waals surface area contributed by atoms with E-state index in [1.54, 1.807) is 36.4 Å². The summed E-state index contributed by atoms with van der Waals surface area (Å²) >= 11 is 0. The van der Waals surface area contributed by atoms with Crippen molar-refractivity contribution >= 4 is 23.2 Å². The summed E-state index contributed by atoms with van der Waals surface area (Å²) in [4.78, 5) is 24.6. The molecule has 2 N–H and O–H groups in total. The number of benzene rings is 2. The van der Waals surface area contributed by atoms with Crippen LogP contribution in [-0.2, 0) is 4.79 Å². The van der Waals surface area contributed by atoms with Gasteiger partial charge in [-0.15, -0.1) is 0 Å². The van der Waals surface area contributed by atoms with Crippen LogP contribution in [0.4, 0.5) is 11.4 Å². The minimum Gasteiger partial charge on any atom is -0.490 e. The van der Waals surface area contributed by atoms with Crippen LogP contribution in [0.15, 0.2) is 42.5 Å². The van der Waals surface area contributed by atoms with Crippen LogP contribution in [0.1, 0.15) is 49.9 Å². The summed E-state index contributed by atoms with van der Waals surface area (Å²) in [7, 11) is 0. The van der Waals surface area contributed by atoms with E-state index in [9.17, 15) is 9.59 Å². The number of hydrogen-bond acceptors (Lipinski definition) is 4. The van der Waals surface area contributed by atoms with Crippen LogP contribution in [0.25, 0.3) is 0 Å². The zero-order chi connectivity index (χ0) is 20.6. The highest BCUT2D eigenvalue weighted by atomic mass is 16.5. The van der Waals surface area contributed by atoms with Crippen LogP contribution in [0.3, 0.4) is 0 Å². The van der Waals surface area contributed by atoms with Crippen molar-refractivity contribution < 1.29 is 19.1 Å². The van der Waals surface area contributed by atoms with Crippen LogP contribution >= 0.6 is 0 Å². The monoisotopic (exact) mass is 396 g/mol. The molecule has 2 aromatic carbocycles. The summed E-state index contributed by atoms with van der Waals surface area (Å²) in [6, 6.07) is 12.3. The number of ether oxygens (including phenoxy) is 2. The number of hydrogen-bond donors (Lipinski definition) is 2. The molecule has 2 aromatic rings. The minimum atomic E-state index is -0.254.